The van der Waals surface area contributed by atoms with E-state index in [1.807, 2.05) is 0 Å². The van der Waals surface area contributed by atoms with Crippen molar-refractivity contribution in [3.05, 3.63) is 48.5 Å². The van der Waals surface area contributed by atoms with Crippen molar-refractivity contribution in [1.29, 1.82) is 0 Å². The number of anilines is 2. The SMILES string of the molecule is CCOC(=O)COc1ccc(NC(=O)[C@@]2(C)CCN(c3ccc(OC)cc3)S2(=O)=O)cc1. The monoisotopic (exact) mass is 462 g/mol. The van der Waals surface area contributed by atoms with Crippen molar-refractivity contribution in [2.45, 2.75) is 25.0 Å². The molecule has 172 valence electrons. The molecule has 1 fully saturated rings. The van der Waals surface area contributed by atoms with Gasteiger partial charge in [-0.25, -0.2) is 13.2 Å². The highest BCUT2D eigenvalue weighted by molar-refractivity contribution is 7.95. The minimum atomic E-state index is -3.95. The fourth-order valence-electron chi connectivity index (χ4n) is 3.30. The summed E-state index contributed by atoms with van der Waals surface area (Å²) in [7, 11) is -2.42. The Morgan fingerprint density at radius 1 is 1.06 bits per heavy atom. The van der Waals surface area contributed by atoms with E-state index in [1.54, 1.807) is 55.5 Å². The highest BCUT2D eigenvalue weighted by atomic mass is 32.2. The van der Waals surface area contributed by atoms with E-state index in [0.29, 0.717) is 22.9 Å². The summed E-state index contributed by atoms with van der Waals surface area (Å²) in [5, 5.41) is 2.67. The first kappa shape index (κ1) is 23.4. The fraction of sp³-hybridized carbons (Fsp3) is 0.364. The molecule has 0 radical (unpaired) electrons. The Hall–Kier alpha value is -3.27. The molecule has 3 rings (SSSR count). The minimum absolute atomic E-state index is 0.147. The largest absolute Gasteiger partial charge is 0.497 e. The Morgan fingerprint density at radius 3 is 2.28 bits per heavy atom. The Morgan fingerprint density at radius 2 is 1.69 bits per heavy atom. The lowest BCUT2D eigenvalue weighted by Gasteiger charge is -2.25. The third kappa shape index (κ3) is 4.64. The van der Waals surface area contributed by atoms with Gasteiger partial charge in [-0.3, -0.25) is 9.10 Å². The molecular weight excluding hydrogens is 436 g/mol. The van der Waals surface area contributed by atoms with Crippen LogP contribution >= 0.6 is 0 Å². The lowest BCUT2D eigenvalue weighted by Crippen LogP contribution is -2.47. The van der Waals surface area contributed by atoms with Gasteiger partial charge in [-0.2, -0.15) is 0 Å². The lowest BCUT2D eigenvalue weighted by atomic mass is 10.1. The van der Waals surface area contributed by atoms with Gasteiger partial charge < -0.3 is 19.5 Å². The summed E-state index contributed by atoms with van der Waals surface area (Å²) in [6.07, 6.45) is 0.147. The van der Waals surface area contributed by atoms with Gasteiger partial charge in [-0.15, -0.1) is 0 Å². The van der Waals surface area contributed by atoms with Crippen molar-refractivity contribution in [1.82, 2.24) is 0 Å². The zero-order valence-corrected chi connectivity index (χ0v) is 19.0. The van der Waals surface area contributed by atoms with Crippen LogP contribution in [-0.4, -0.2) is 51.9 Å². The van der Waals surface area contributed by atoms with Crippen LogP contribution in [0.1, 0.15) is 20.3 Å². The standard InChI is InChI=1S/C22H26N2O7S/c1-4-30-20(25)15-31-19-9-5-16(6-10-19)23-21(26)22(2)13-14-24(32(22,27)28)17-7-11-18(29-3)12-8-17/h5-12H,4,13-15H2,1-3H3,(H,23,26)/t22-/m1/s1. The third-order valence-electron chi connectivity index (χ3n) is 5.27. The molecule has 1 heterocycles. The van der Waals surface area contributed by atoms with Crippen molar-refractivity contribution in [2.24, 2.45) is 0 Å². The van der Waals surface area contributed by atoms with Crippen molar-refractivity contribution in [3.63, 3.8) is 0 Å². The maximum atomic E-state index is 13.2. The van der Waals surface area contributed by atoms with Gasteiger partial charge in [0.15, 0.2) is 11.4 Å². The second-order valence-corrected chi connectivity index (χ2v) is 9.62. The van der Waals surface area contributed by atoms with E-state index in [-0.39, 0.29) is 26.2 Å². The van der Waals surface area contributed by atoms with Gasteiger partial charge in [0.2, 0.25) is 15.9 Å². The maximum Gasteiger partial charge on any atom is 0.344 e. The molecule has 32 heavy (non-hydrogen) atoms. The number of rotatable bonds is 8. The van der Waals surface area contributed by atoms with Gasteiger partial charge in [0, 0.05) is 12.2 Å². The van der Waals surface area contributed by atoms with Crippen molar-refractivity contribution < 1.29 is 32.2 Å². The smallest absolute Gasteiger partial charge is 0.344 e. The van der Waals surface area contributed by atoms with E-state index in [2.05, 4.69) is 5.32 Å². The van der Waals surface area contributed by atoms with Crippen LogP contribution in [0.4, 0.5) is 11.4 Å². The fourth-order valence-corrected chi connectivity index (χ4v) is 5.15. The van der Waals surface area contributed by atoms with Gasteiger partial charge in [0.1, 0.15) is 11.5 Å². The van der Waals surface area contributed by atoms with Gasteiger partial charge in [-0.05, 0) is 68.8 Å². The molecule has 10 heteroatoms. The van der Waals surface area contributed by atoms with Crippen LogP contribution in [-0.2, 0) is 24.3 Å². The summed E-state index contributed by atoms with van der Waals surface area (Å²) in [5.41, 5.74) is 0.892. The Kier molecular flexibility index (Phi) is 6.93. The Bertz CT molecular complexity index is 1070. The predicted octanol–water partition coefficient (Wildman–Crippen LogP) is 2.57. The molecule has 1 aliphatic heterocycles. The molecule has 0 unspecified atom stereocenters. The molecule has 0 saturated carbocycles. The third-order valence-corrected chi connectivity index (χ3v) is 7.77. The topological polar surface area (TPSA) is 111 Å². The second kappa shape index (κ2) is 9.47. The van der Waals surface area contributed by atoms with Crippen LogP contribution in [0.25, 0.3) is 0 Å². The van der Waals surface area contributed by atoms with Gasteiger partial charge >= 0.3 is 5.97 Å². The number of hydrogen-bond acceptors (Lipinski definition) is 7. The number of benzene rings is 2. The average Bonchev–Trinajstić information content (AvgIpc) is 3.03. The molecule has 1 saturated heterocycles. The van der Waals surface area contributed by atoms with Crippen LogP contribution in [0.5, 0.6) is 11.5 Å². The zero-order chi connectivity index (χ0) is 23.4. The quantitative estimate of drug-likeness (QED) is 0.600. The molecule has 9 nitrogen and oxygen atoms in total. The van der Waals surface area contributed by atoms with E-state index < -0.39 is 26.6 Å². The summed E-state index contributed by atoms with van der Waals surface area (Å²) >= 11 is 0. The van der Waals surface area contributed by atoms with E-state index in [4.69, 9.17) is 14.2 Å². The Labute approximate surface area is 187 Å². The number of ether oxygens (including phenoxy) is 3. The molecule has 1 amide bonds. The second-order valence-electron chi connectivity index (χ2n) is 7.33. The number of hydrogen-bond donors (Lipinski definition) is 1. The molecule has 0 aromatic heterocycles. The molecule has 1 aliphatic rings. The molecule has 2 aromatic carbocycles. The van der Waals surface area contributed by atoms with Crippen molar-refractivity contribution >= 4 is 33.3 Å². The number of nitrogens with one attached hydrogen (secondary N) is 1. The van der Waals surface area contributed by atoms with Crippen molar-refractivity contribution in [3.8, 4) is 11.5 Å². The number of methoxy groups -OCH3 is 1. The van der Waals surface area contributed by atoms with Crippen LogP contribution in [0.2, 0.25) is 0 Å². The minimum Gasteiger partial charge on any atom is -0.497 e. The first-order valence-corrected chi connectivity index (χ1v) is 11.5. The molecular formula is C22H26N2O7S. The normalized spacial score (nSPS) is 19.3. The molecule has 1 N–H and O–H groups in total. The molecule has 0 spiro atoms. The number of carbonyl (C=O) groups excluding carboxylic acids is 2. The van der Waals surface area contributed by atoms with Gasteiger partial charge in [0.05, 0.1) is 19.4 Å². The summed E-state index contributed by atoms with van der Waals surface area (Å²) < 4.78 is 41.3. The number of nitrogens with zero attached hydrogens (tertiary/aromatic N) is 1. The lowest BCUT2D eigenvalue weighted by molar-refractivity contribution is -0.145. The summed E-state index contributed by atoms with van der Waals surface area (Å²) in [4.78, 5) is 24.3. The van der Waals surface area contributed by atoms with Crippen LogP contribution in [0.15, 0.2) is 48.5 Å². The van der Waals surface area contributed by atoms with Crippen molar-refractivity contribution in [2.75, 3.05) is 36.5 Å². The number of amides is 1. The van der Waals surface area contributed by atoms with Crippen LogP contribution in [0.3, 0.4) is 0 Å². The highest BCUT2D eigenvalue weighted by Gasteiger charge is 2.54. The maximum absolute atomic E-state index is 13.2. The molecule has 0 bridgehead atoms. The summed E-state index contributed by atoms with van der Waals surface area (Å²) in [6.45, 7) is 3.37. The van der Waals surface area contributed by atoms with Crippen LogP contribution < -0.4 is 19.1 Å². The first-order chi connectivity index (χ1) is 15.2. The number of carbonyl (C=O) groups is 2. The first-order valence-electron chi connectivity index (χ1n) is 10.1. The molecule has 1 atom stereocenters. The molecule has 0 aliphatic carbocycles. The number of sulfonamides is 1. The van der Waals surface area contributed by atoms with E-state index in [1.165, 1.54) is 18.3 Å². The summed E-state index contributed by atoms with van der Waals surface area (Å²) in [6, 6.07) is 12.9. The number of esters is 1. The predicted molar refractivity (Wildman–Crippen MR) is 119 cm³/mol. The van der Waals surface area contributed by atoms with Gasteiger partial charge in [0.25, 0.3) is 0 Å². The highest BCUT2D eigenvalue weighted by Crippen LogP contribution is 2.38. The van der Waals surface area contributed by atoms with E-state index >= 15 is 0 Å². The van der Waals surface area contributed by atoms with Gasteiger partial charge in [-0.1, -0.05) is 0 Å². The van der Waals surface area contributed by atoms with E-state index in [9.17, 15) is 18.0 Å². The molecule has 2 aromatic rings. The van der Waals surface area contributed by atoms with Crippen LogP contribution in [0, 0.1) is 0 Å². The zero-order valence-electron chi connectivity index (χ0n) is 18.2. The summed E-state index contributed by atoms with van der Waals surface area (Å²) in [5.74, 6) is -0.0682. The Balaban J connectivity index is 1.68. The van der Waals surface area contributed by atoms with E-state index in [0.717, 1.165) is 0 Å². The average molecular weight is 463 g/mol.